The summed E-state index contributed by atoms with van der Waals surface area (Å²) >= 11 is 0. The van der Waals surface area contributed by atoms with Gasteiger partial charge in [0.05, 0.1) is 0 Å². The van der Waals surface area contributed by atoms with Crippen LogP contribution in [0.25, 0.3) is 6.08 Å². The highest BCUT2D eigenvalue weighted by Crippen LogP contribution is 2.18. The summed E-state index contributed by atoms with van der Waals surface area (Å²) < 4.78 is 0. The van der Waals surface area contributed by atoms with Gasteiger partial charge in [-0.15, -0.1) is 0 Å². The van der Waals surface area contributed by atoms with Crippen LogP contribution in [0.3, 0.4) is 0 Å². The molecule has 0 unspecified atom stereocenters. The summed E-state index contributed by atoms with van der Waals surface area (Å²) in [5, 5.41) is 3.01. The molecule has 1 aliphatic heterocycles. The summed E-state index contributed by atoms with van der Waals surface area (Å²) in [6.45, 7) is 3.93. The summed E-state index contributed by atoms with van der Waals surface area (Å²) in [7, 11) is 0. The summed E-state index contributed by atoms with van der Waals surface area (Å²) in [5.41, 5.74) is 3.41. The van der Waals surface area contributed by atoms with E-state index < -0.39 is 0 Å². The third kappa shape index (κ3) is 5.56. The average molecular weight is 377 g/mol. The van der Waals surface area contributed by atoms with Crippen LogP contribution in [0.5, 0.6) is 0 Å². The maximum Gasteiger partial charge on any atom is 0.246 e. The van der Waals surface area contributed by atoms with Gasteiger partial charge in [0.2, 0.25) is 11.8 Å². The summed E-state index contributed by atoms with van der Waals surface area (Å²) in [6, 6.07) is 18.2. The van der Waals surface area contributed by atoms with Crippen LogP contribution in [0, 0.1) is 5.92 Å². The van der Waals surface area contributed by atoms with E-state index in [0.29, 0.717) is 32.5 Å². The van der Waals surface area contributed by atoms with Crippen LogP contribution >= 0.6 is 0 Å². The Bertz CT molecular complexity index is 804. The second kappa shape index (κ2) is 9.88. The molecule has 0 radical (unpaired) electrons. The number of carbonyl (C=O) groups excluding carboxylic acids is 2. The third-order valence-electron chi connectivity index (χ3n) is 5.29. The van der Waals surface area contributed by atoms with Crippen LogP contribution in [0.4, 0.5) is 0 Å². The van der Waals surface area contributed by atoms with E-state index in [-0.39, 0.29) is 17.7 Å². The second-order valence-electron chi connectivity index (χ2n) is 7.23. The molecule has 1 fully saturated rings. The Kier molecular flexibility index (Phi) is 7.01. The van der Waals surface area contributed by atoms with Crippen molar-refractivity contribution in [1.29, 1.82) is 0 Å². The van der Waals surface area contributed by atoms with Crippen molar-refractivity contribution >= 4 is 17.9 Å². The van der Waals surface area contributed by atoms with Gasteiger partial charge in [0, 0.05) is 31.6 Å². The smallest absolute Gasteiger partial charge is 0.246 e. The predicted molar refractivity (Wildman–Crippen MR) is 112 cm³/mol. The van der Waals surface area contributed by atoms with Crippen LogP contribution in [-0.4, -0.2) is 29.8 Å². The molecule has 3 rings (SSSR count). The van der Waals surface area contributed by atoms with Crippen molar-refractivity contribution in [3.05, 3.63) is 77.4 Å². The lowest BCUT2D eigenvalue weighted by Crippen LogP contribution is -2.42. The Hall–Kier alpha value is -2.88. The Balaban J connectivity index is 1.44. The first-order chi connectivity index (χ1) is 13.7. The highest BCUT2D eigenvalue weighted by molar-refractivity contribution is 5.92. The zero-order chi connectivity index (χ0) is 19.8. The van der Waals surface area contributed by atoms with Gasteiger partial charge in [-0.05, 0) is 42.0 Å². The van der Waals surface area contributed by atoms with Crippen molar-refractivity contribution in [2.45, 2.75) is 32.7 Å². The van der Waals surface area contributed by atoms with Gasteiger partial charge in [-0.25, -0.2) is 0 Å². The van der Waals surface area contributed by atoms with Crippen molar-refractivity contribution in [1.82, 2.24) is 10.2 Å². The fourth-order valence-electron chi connectivity index (χ4n) is 3.43. The maximum atomic E-state index is 12.4. The predicted octanol–water partition coefficient (Wildman–Crippen LogP) is 3.82. The lowest BCUT2D eigenvalue weighted by atomic mass is 9.95. The van der Waals surface area contributed by atoms with Gasteiger partial charge in [0.15, 0.2) is 0 Å². The van der Waals surface area contributed by atoms with Gasteiger partial charge in [0.1, 0.15) is 0 Å². The summed E-state index contributed by atoms with van der Waals surface area (Å²) in [6.07, 6.45) is 5.94. The zero-order valence-electron chi connectivity index (χ0n) is 16.4. The van der Waals surface area contributed by atoms with E-state index in [9.17, 15) is 9.59 Å². The number of likely N-dealkylation sites (tertiary alicyclic amines) is 1. The van der Waals surface area contributed by atoms with Crippen LogP contribution in [0.2, 0.25) is 0 Å². The molecule has 4 nitrogen and oxygen atoms in total. The highest BCUT2D eigenvalue weighted by atomic mass is 16.2. The SMILES string of the molecule is CCc1ccc(C=CC(=O)N2CCC(C(=O)NCc3ccccc3)CC2)cc1. The minimum Gasteiger partial charge on any atom is -0.352 e. The summed E-state index contributed by atoms with van der Waals surface area (Å²) in [4.78, 5) is 26.6. The molecule has 1 saturated heterocycles. The number of rotatable bonds is 6. The fraction of sp³-hybridized carbons (Fsp3) is 0.333. The molecular formula is C24H28N2O2. The third-order valence-corrected chi connectivity index (χ3v) is 5.29. The Labute approximate surface area is 167 Å². The van der Waals surface area contributed by atoms with Gasteiger partial charge in [0.25, 0.3) is 0 Å². The van der Waals surface area contributed by atoms with Crippen LogP contribution in [-0.2, 0) is 22.6 Å². The number of nitrogens with zero attached hydrogens (tertiary/aromatic N) is 1. The molecule has 0 spiro atoms. The molecule has 1 aliphatic rings. The van der Waals surface area contributed by atoms with Crippen molar-refractivity contribution in [3.8, 4) is 0 Å². The number of hydrogen-bond acceptors (Lipinski definition) is 2. The first-order valence-electron chi connectivity index (χ1n) is 10.0. The quantitative estimate of drug-likeness (QED) is 0.779. The van der Waals surface area contributed by atoms with E-state index in [0.717, 1.165) is 17.5 Å². The van der Waals surface area contributed by atoms with Crippen LogP contribution < -0.4 is 5.32 Å². The molecule has 1 N–H and O–H groups in total. The van der Waals surface area contributed by atoms with Crippen molar-refractivity contribution < 1.29 is 9.59 Å². The van der Waals surface area contributed by atoms with Gasteiger partial charge in [-0.2, -0.15) is 0 Å². The van der Waals surface area contributed by atoms with E-state index >= 15 is 0 Å². The molecule has 0 bridgehead atoms. The number of nitrogens with one attached hydrogen (secondary N) is 1. The molecule has 2 amide bonds. The number of piperidine rings is 1. The van der Waals surface area contributed by atoms with Gasteiger partial charge in [-0.3, -0.25) is 9.59 Å². The average Bonchev–Trinajstić information content (AvgIpc) is 2.77. The largest absolute Gasteiger partial charge is 0.352 e. The number of carbonyl (C=O) groups is 2. The Morgan fingerprint density at radius 1 is 1.00 bits per heavy atom. The first-order valence-corrected chi connectivity index (χ1v) is 10.0. The molecule has 0 aromatic heterocycles. The Morgan fingerprint density at radius 2 is 1.68 bits per heavy atom. The zero-order valence-corrected chi connectivity index (χ0v) is 16.4. The number of amides is 2. The molecule has 28 heavy (non-hydrogen) atoms. The van der Waals surface area contributed by atoms with E-state index in [4.69, 9.17) is 0 Å². The highest BCUT2D eigenvalue weighted by Gasteiger charge is 2.26. The van der Waals surface area contributed by atoms with Crippen molar-refractivity contribution in [2.75, 3.05) is 13.1 Å². The summed E-state index contributed by atoms with van der Waals surface area (Å²) in [5.74, 6) is 0.0866. The molecule has 0 atom stereocenters. The fourth-order valence-corrected chi connectivity index (χ4v) is 3.43. The number of hydrogen-bond donors (Lipinski definition) is 1. The van der Waals surface area contributed by atoms with Gasteiger partial charge >= 0.3 is 0 Å². The lowest BCUT2D eigenvalue weighted by Gasteiger charge is -2.30. The molecular weight excluding hydrogens is 348 g/mol. The van der Waals surface area contributed by atoms with Gasteiger partial charge < -0.3 is 10.2 Å². The molecule has 0 aliphatic carbocycles. The Morgan fingerprint density at radius 3 is 2.32 bits per heavy atom. The minimum atomic E-state index is -0.0154. The van der Waals surface area contributed by atoms with Crippen LogP contribution in [0.15, 0.2) is 60.7 Å². The normalized spacial score (nSPS) is 15.0. The maximum absolute atomic E-state index is 12.4. The number of benzene rings is 2. The second-order valence-corrected chi connectivity index (χ2v) is 7.23. The van der Waals surface area contributed by atoms with Crippen molar-refractivity contribution in [2.24, 2.45) is 5.92 Å². The first kappa shape index (κ1) is 19.9. The molecule has 2 aromatic carbocycles. The van der Waals surface area contributed by atoms with E-state index in [1.165, 1.54) is 5.56 Å². The standard InChI is InChI=1S/C24H28N2O2/c1-2-19-8-10-20(11-9-19)12-13-23(27)26-16-14-22(15-17-26)24(28)25-18-21-6-4-3-5-7-21/h3-13,22H,2,14-18H2,1H3,(H,25,28). The lowest BCUT2D eigenvalue weighted by molar-refractivity contribution is -0.132. The molecule has 2 aromatic rings. The van der Waals surface area contributed by atoms with E-state index in [2.05, 4.69) is 24.4 Å². The van der Waals surface area contributed by atoms with Crippen LogP contribution in [0.1, 0.15) is 36.5 Å². The van der Waals surface area contributed by atoms with E-state index in [1.807, 2.05) is 53.4 Å². The molecule has 146 valence electrons. The molecule has 0 saturated carbocycles. The molecule has 1 heterocycles. The molecule has 4 heteroatoms. The van der Waals surface area contributed by atoms with Crippen molar-refractivity contribution in [3.63, 3.8) is 0 Å². The monoisotopic (exact) mass is 376 g/mol. The minimum absolute atomic E-state index is 0.0154. The van der Waals surface area contributed by atoms with Gasteiger partial charge in [-0.1, -0.05) is 61.5 Å². The topological polar surface area (TPSA) is 49.4 Å². The number of aryl methyl sites for hydroxylation is 1. The van der Waals surface area contributed by atoms with E-state index in [1.54, 1.807) is 6.08 Å².